The molecule has 0 spiro atoms. The molecule has 16 heavy (non-hydrogen) atoms. The summed E-state index contributed by atoms with van der Waals surface area (Å²) in [5.41, 5.74) is 2.94. The number of nitrogens with two attached hydrogens (primary N) is 1. The van der Waals surface area contributed by atoms with E-state index in [2.05, 4.69) is 30.2 Å². The summed E-state index contributed by atoms with van der Waals surface area (Å²) in [4.78, 5) is 2.50. The Morgan fingerprint density at radius 2 is 2.12 bits per heavy atom. The third-order valence-corrected chi connectivity index (χ3v) is 3.81. The predicted octanol–water partition coefficient (Wildman–Crippen LogP) is 0.997. The molecule has 0 saturated carbocycles. The first-order valence-corrected chi connectivity index (χ1v) is 6.20. The van der Waals surface area contributed by atoms with Crippen LogP contribution in [-0.4, -0.2) is 36.2 Å². The SMILES string of the molecule is CC(C)(C(NN)C1=CCCO1)N1CCCC1. The van der Waals surface area contributed by atoms with Crippen LogP contribution in [-0.2, 0) is 4.74 Å². The van der Waals surface area contributed by atoms with E-state index in [9.17, 15) is 0 Å². The van der Waals surface area contributed by atoms with Gasteiger partial charge in [0.2, 0.25) is 0 Å². The van der Waals surface area contributed by atoms with Crippen LogP contribution in [0.2, 0.25) is 0 Å². The molecule has 0 aromatic rings. The molecule has 1 atom stereocenters. The van der Waals surface area contributed by atoms with Gasteiger partial charge in [-0.1, -0.05) is 0 Å². The zero-order valence-corrected chi connectivity index (χ0v) is 10.3. The summed E-state index contributed by atoms with van der Waals surface area (Å²) < 4.78 is 5.64. The Kier molecular flexibility index (Phi) is 3.52. The molecule has 0 aromatic heterocycles. The first-order valence-electron chi connectivity index (χ1n) is 6.20. The zero-order valence-electron chi connectivity index (χ0n) is 10.3. The molecule has 2 heterocycles. The number of nitrogens with one attached hydrogen (secondary N) is 1. The minimum atomic E-state index is 0.0153. The summed E-state index contributed by atoms with van der Waals surface area (Å²) >= 11 is 0. The van der Waals surface area contributed by atoms with Gasteiger partial charge in [-0.05, 0) is 45.9 Å². The van der Waals surface area contributed by atoms with E-state index in [-0.39, 0.29) is 11.6 Å². The van der Waals surface area contributed by atoms with E-state index >= 15 is 0 Å². The van der Waals surface area contributed by atoms with E-state index in [1.165, 1.54) is 25.9 Å². The molecule has 2 aliphatic rings. The highest BCUT2D eigenvalue weighted by Crippen LogP contribution is 2.29. The van der Waals surface area contributed by atoms with Gasteiger partial charge >= 0.3 is 0 Å². The number of hydrogen-bond acceptors (Lipinski definition) is 4. The molecule has 92 valence electrons. The number of hydrogen-bond donors (Lipinski definition) is 2. The maximum Gasteiger partial charge on any atom is 0.112 e. The molecule has 0 aromatic carbocycles. The topological polar surface area (TPSA) is 50.5 Å². The monoisotopic (exact) mass is 225 g/mol. The lowest BCUT2D eigenvalue weighted by molar-refractivity contribution is 0.0881. The van der Waals surface area contributed by atoms with E-state index in [4.69, 9.17) is 10.6 Å². The van der Waals surface area contributed by atoms with E-state index in [0.717, 1.165) is 18.8 Å². The molecule has 3 N–H and O–H groups in total. The lowest BCUT2D eigenvalue weighted by Gasteiger charge is -2.41. The van der Waals surface area contributed by atoms with Crippen molar-refractivity contribution in [3.8, 4) is 0 Å². The highest BCUT2D eigenvalue weighted by atomic mass is 16.5. The number of hydrazine groups is 1. The van der Waals surface area contributed by atoms with Gasteiger partial charge in [-0.25, -0.2) is 5.43 Å². The van der Waals surface area contributed by atoms with Crippen LogP contribution in [0, 0.1) is 0 Å². The predicted molar refractivity (Wildman–Crippen MR) is 64.6 cm³/mol. The second kappa shape index (κ2) is 4.73. The van der Waals surface area contributed by atoms with E-state index in [1.807, 2.05) is 0 Å². The zero-order chi connectivity index (χ0) is 11.6. The smallest absolute Gasteiger partial charge is 0.112 e. The molecule has 2 aliphatic heterocycles. The molecule has 4 nitrogen and oxygen atoms in total. The van der Waals surface area contributed by atoms with Crippen molar-refractivity contribution in [2.24, 2.45) is 5.84 Å². The molecule has 1 unspecified atom stereocenters. The summed E-state index contributed by atoms with van der Waals surface area (Å²) in [5, 5.41) is 0. The third kappa shape index (κ3) is 2.10. The second-order valence-corrected chi connectivity index (χ2v) is 5.19. The molecule has 2 rings (SSSR count). The fourth-order valence-corrected chi connectivity index (χ4v) is 2.75. The molecule has 0 bridgehead atoms. The van der Waals surface area contributed by atoms with Gasteiger partial charge in [-0.15, -0.1) is 0 Å². The first-order chi connectivity index (χ1) is 7.66. The highest BCUT2D eigenvalue weighted by molar-refractivity contribution is 5.15. The Labute approximate surface area is 97.8 Å². The van der Waals surface area contributed by atoms with Crippen molar-refractivity contribution in [2.45, 2.75) is 44.7 Å². The van der Waals surface area contributed by atoms with E-state index < -0.39 is 0 Å². The molecular weight excluding hydrogens is 202 g/mol. The van der Waals surface area contributed by atoms with E-state index in [1.54, 1.807) is 0 Å². The van der Waals surface area contributed by atoms with Crippen molar-refractivity contribution in [1.29, 1.82) is 0 Å². The van der Waals surface area contributed by atoms with Crippen LogP contribution in [0.3, 0.4) is 0 Å². The number of rotatable bonds is 4. The summed E-state index contributed by atoms with van der Waals surface area (Å²) in [7, 11) is 0. The van der Waals surface area contributed by atoms with E-state index in [0.29, 0.717) is 0 Å². The maximum atomic E-state index is 5.71. The molecule has 1 saturated heterocycles. The molecule has 1 fully saturated rings. The Hall–Kier alpha value is -0.580. The Bertz CT molecular complexity index is 269. The van der Waals surface area contributed by atoms with Crippen LogP contribution >= 0.6 is 0 Å². The first kappa shape index (κ1) is 11.9. The fraction of sp³-hybridized carbons (Fsp3) is 0.833. The van der Waals surface area contributed by atoms with Gasteiger partial charge in [0.15, 0.2) is 0 Å². The van der Waals surface area contributed by atoms with Crippen molar-refractivity contribution in [2.75, 3.05) is 19.7 Å². The lowest BCUT2D eigenvalue weighted by Crippen LogP contribution is -2.59. The van der Waals surface area contributed by atoms with Crippen LogP contribution in [0.25, 0.3) is 0 Å². The minimum Gasteiger partial charge on any atom is -0.496 e. The largest absolute Gasteiger partial charge is 0.496 e. The Morgan fingerprint density at radius 3 is 2.62 bits per heavy atom. The summed E-state index contributed by atoms with van der Waals surface area (Å²) in [6.07, 6.45) is 5.74. The molecular formula is C12H23N3O. The average Bonchev–Trinajstić information content (AvgIpc) is 2.91. The van der Waals surface area contributed by atoms with Crippen LogP contribution in [0.1, 0.15) is 33.1 Å². The van der Waals surface area contributed by atoms with Crippen LogP contribution < -0.4 is 11.3 Å². The quantitative estimate of drug-likeness (QED) is 0.553. The second-order valence-electron chi connectivity index (χ2n) is 5.19. The average molecular weight is 225 g/mol. The Morgan fingerprint density at radius 1 is 1.44 bits per heavy atom. The lowest BCUT2D eigenvalue weighted by atomic mass is 9.91. The molecule has 0 aliphatic carbocycles. The number of likely N-dealkylation sites (tertiary alicyclic amines) is 1. The van der Waals surface area contributed by atoms with Gasteiger partial charge in [0.1, 0.15) is 5.76 Å². The molecule has 4 heteroatoms. The molecule has 0 amide bonds. The minimum absolute atomic E-state index is 0.0153. The molecule has 0 radical (unpaired) electrons. The fourth-order valence-electron chi connectivity index (χ4n) is 2.75. The van der Waals surface area contributed by atoms with Crippen molar-refractivity contribution < 1.29 is 4.74 Å². The van der Waals surface area contributed by atoms with Crippen LogP contribution in [0.4, 0.5) is 0 Å². The van der Waals surface area contributed by atoms with Crippen molar-refractivity contribution >= 4 is 0 Å². The Balaban J connectivity index is 2.11. The maximum absolute atomic E-state index is 5.71. The van der Waals surface area contributed by atoms with Crippen LogP contribution in [0.15, 0.2) is 11.8 Å². The number of ether oxygens (including phenoxy) is 1. The van der Waals surface area contributed by atoms with Crippen molar-refractivity contribution in [3.63, 3.8) is 0 Å². The van der Waals surface area contributed by atoms with Crippen LogP contribution in [0.5, 0.6) is 0 Å². The standard InChI is InChI=1S/C12H23N3O/c1-12(2,15-7-3-4-8-15)11(14-13)10-6-5-9-16-10/h6,11,14H,3-5,7-9,13H2,1-2H3. The van der Waals surface area contributed by atoms with Gasteiger partial charge in [0, 0.05) is 12.0 Å². The summed E-state index contributed by atoms with van der Waals surface area (Å²) in [5.74, 6) is 6.72. The van der Waals surface area contributed by atoms with Gasteiger partial charge in [0.25, 0.3) is 0 Å². The van der Waals surface area contributed by atoms with Gasteiger partial charge in [0.05, 0.1) is 12.6 Å². The van der Waals surface area contributed by atoms with Gasteiger partial charge in [-0.2, -0.15) is 0 Å². The third-order valence-electron chi connectivity index (χ3n) is 3.81. The van der Waals surface area contributed by atoms with Crippen molar-refractivity contribution in [1.82, 2.24) is 10.3 Å². The highest BCUT2D eigenvalue weighted by Gasteiger charge is 2.39. The summed E-state index contributed by atoms with van der Waals surface area (Å²) in [6.45, 7) is 7.61. The number of nitrogens with zero attached hydrogens (tertiary/aromatic N) is 1. The van der Waals surface area contributed by atoms with Gasteiger partial charge in [-0.3, -0.25) is 10.7 Å². The van der Waals surface area contributed by atoms with Crippen molar-refractivity contribution in [3.05, 3.63) is 11.8 Å². The summed E-state index contributed by atoms with van der Waals surface area (Å²) in [6, 6.07) is 0.0908. The van der Waals surface area contributed by atoms with Gasteiger partial charge < -0.3 is 4.74 Å². The normalized spacial score (nSPS) is 24.3.